The summed E-state index contributed by atoms with van der Waals surface area (Å²) in [5.41, 5.74) is 16.5. The zero-order valence-corrected chi connectivity index (χ0v) is 37.3. The van der Waals surface area contributed by atoms with Gasteiger partial charge in [0.25, 0.3) is 0 Å². The lowest BCUT2D eigenvalue weighted by Gasteiger charge is -2.34. The molecule has 322 valence electrons. The van der Waals surface area contributed by atoms with Crippen LogP contribution in [0.1, 0.15) is 22.3 Å². The monoisotopic (exact) mass is 880 g/mol. The Morgan fingerprint density at radius 1 is 0.333 bits per heavy atom. The lowest BCUT2D eigenvalue weighted by atomic mass is 9.67. The minimum Gasteiger partial charge on any atom is -0.456 e. The fourth-order valence-corrected chi connectivity index (χ4v) is 11.1. The van der Waals surface area contributed by atoms with Gasteiger partial charge in [0, 0.05) is 43.9 Å². The third kappa shape index (κ3) is 6.00. The van der Waals surface area contributed by atoms with Crippen LogP contribution >= 0.6 is 0 Å². The quantitative estimate of drug-likeness (QED) is 0.160. The summed E-state index contributed by atoms with van der Waals surface area (Å²) in [4.78, 5) is 16.0. The molecule has 13 aromatic rings. The van der Waals surface area contributed by atoms with Crippen molar-refractivity contribution in [2.45, 2.75) is 5.41 Å². The van der Waals surface area contributed by atoms with E-state index in [1.807, 2.05) is 30.3 Å². The Balaban J connectivity index is 1.00. The Labute approximate surface area is 398 Å². The summed E-state index contributed by atoms with van der Waals surface area (Å²) in [6, 6.07) is 86.3. The van der Waals surface area contributed by atoms with Crippen molar-refractivity contribution in [3.63, 3.8) is 0 Å². The molecule has 0 saturated heterocycles. The summed E-state index contributed by atoms with van der Waals surface area (Å²) in [5, 5.41) is 4.47. The molecule has 0 saturated carbocycles. The molecule has 0 unspecified atom stereocenters. The van der Waals surface area contributed by atoms with Crippen LogP contribution in [-0.2, 0) is 5.41 Å². The maximum atomic E-state index is 6.74. The van der Waals surface area contributed by atoms with Gasteiger partial charge in [-0.05, 0) is 99.1 Å². The molecule has 0 spiro atoms. The van der Waals surface area contributed by atoms with Gasteiger partial charge in [-0.15, -0.1) is 0 Å². The summed E-state index contributed by atoms with van der Waals surface area (Å²) in [6.07, 6.45) is 0. The van der Waals surface area contributed by atoms with Gasteiger partial charge in [-0.2, -0.15) is 0 Å². The first-order valence-electron chi connectivity index (χ1n) is 23.4. The van der Waals surface area contributed by atoms with E-state index in [4.69, 9.17) is 19.4 Å². The molecule has 69 heavy (non-hydrogen) atoms. The highest BCUT2D eigenvalue weighted by atomic mass is 16.3. The van der Waals surface area contributed by atoms with Gasteiger partial charge in [-0.1, -0.05) is 188 Å². The predicted octanol–water partition coefficient (Wildman–Crippen LogP) is 15.9. The second-order valence-corrected chi connectivity index (χ2v) is 17.9. The van der Waals surface area contributed by atoms with Crippen LogP contribution in [-0.4, -0.2) is 19.5 Å². The van der Waals surface area contributed by atoms with Crippen LogP contribution < -0.4 is 0 Å². The molecule has 10 aromatic carbocycles. The number of nitrogens with zero attached hydrogens (tertiary/aromatic N) is 4. The minimum atomic E-state index is -0.571. The third-order valence-electron chi connectivity index (χ3n) is 14.1. The molecule has 0 bridgehead atoms. The van der Waals surface area contributed by atoms with Crippen molar-refractivity contribution >= 4 is 43.7 Å². The normalized spacial score (nSPS) is 12.8. The number of fused-ring (bicyclic) bond motifs is 9. The van der Waals surface area contributed by atoms with Gasteiger partial charge in [0.1, 0.15) is 11.2 Å². The van der Waals surface area contributed by atoms with Crippen molar-refractivity contribution in [3.8, 4) is 62.1 Å². The van der Waals surface area contributed by atoms with Crippen molar-refractivity contribution in [2.75, 3.05) is 0 Å². The van der Waals surface area contributed by atoms with E-state index in [9.17, 15) is 0 Å². The Hall–Kier alpha value is -9.19. The van der Waals surface area contributed by atoms with E-state index in [0.29, 0.717) is 17.5 Å². The van der Waals surface area contributed by atoms with Gasteiger partial charge in [0.15, 0.2) is 17.5 Å². The molecule has 1 aliphatic carbocycles. The molecule has 5 nitrogen and oxygen atoms in total. The largest absolute Gasteiger partial charge is 0.456 e. The molecular weight excluding hydrogens is 841 g/mol. The molecule has 1 aliphatic rings. The Bertz CT molecular complexity index is 4080. The summed E-state index contributed by atoms with van der Waals surface area (Å²) >= 11 is 0. The van der Waals surface area contributed by atoms with E-state index in [0.717, 1.165) is 66.5 Å². The van der Waals surface area contributed by atoms with Crippen LogP contribution in [0.15, 0.2) is 247 Å². The van der Waals surface area contributed by atoms with E-state index in [1.54, 1.807) is 0 Å². The van der Waals surface area contributed by atoms with Gasteiger partial charge >= 0.3 is 0 Å². The second kappa shape index (κ2) is 15.4. The van der Waals surface area contributed by atoms with Gasteiger partial charge in [0.05, 0.1) is 16.4 Å². The second-order valence-electron chi connectivity index (χ2n) is 17.9. The van der Waals surface area contributed by atoms with E-state index in [2.05, 4.69) is 217 Å². The number of benzene rings is 10. The van der Waals surface area contributed by atoms with Crippen molar-refractivity contribution in [1.82, 2.24) is 19.5 Å². The first-order chi connectivity index (χ1) is 34.2. The number of furan rings is 1. The van der Waals surface area contributed by atoms with Crippen LogP contribution in [0.4, 0.5) is 0 Å². The van der Waals surface area contributed by atoms with Gasteiger partial charge < -0.3 is 8.98 Å². The highest BCUT2D eigenvalue weighted by Crippen LogP contribution is 2.56. The maximum Gasteiger partial charge on any atom is 0.164 e. The number of hydrogen-bond acceptors (Lipinski definition) is 4. The number of rotatable bonds is 7. The first kappa shape index (κ1) is 39.0. The molecule has 0 aliphatic heterocycles. The highest BCUT2D eigenvalue weighted by molar-refractivity contribution is 6.16. The number of hydrogen-bond donors (Lipinski definition) is 0. The van der Waals surface area contributed by atoms with E-state index in [-0.39, 0.29) is 0 Å². The van der Waals surface area contributed by atoms with Crippen molar-refractivity contribution in [1.29, 1.82) is 0 Å². The number of aromatic nitrogens is 4. The molecule has 3 aromatic heterocycles. The molecule has 0 atom stereocenters. The number of para-hydroxylation sites is 3. The standard InChI is InChI=1S/C64H40N4O/c1-5-19-41(20-6-1)61-65-62(43-33-35-49-48-27-13-16-30-54(48)64(55(49)39-43,45-21-7-2-8-22-45)46-23-9-3-10-24-46)67-63(66-61)44-38-52(60-51-29-15-18-32-58(51)69-59(60)40-44)42-34-36-57-53(37-42)50-28-14-17-31-56(50)68(57)47-25-11-4-12-26-47/h1-40H. The summed E-state index contributed by atoms with van der Waals surface area (Å²) in [7, 11) is 0. The zero-order chi connectivity index (χ0) is 45.5. The highest BCUT2D eigenvalue weighted by Gasteiger charge is 2.46. The molecule has 14 rings (SSSR count). The molecule has 0 fully saturated rings. The van der Waals surface area contributed by atoms with Crippen LogP contribution in [0.25, 0.3) is 106 Å². The Morgan fingerprint density at radius 2 is 0.899 bits per heavy atom. The Kier molecular flexibility index (Phi) is 8.73. The topological polar surface area (TPSA) is 56.7 Å². The van der Waals surface area contributed by atoms with E-state index in [1.165, 1.54) is 44.2 Å². The lowest BCUT2D eigenvalue weighted by Crippen LogP contribution is -2.28. The van der Waals surface area contributed by atoms with E-state index < -0.39 is 5.41 Å². The van der Waals surface area contributed by atoms with Crippen molar-refractivity contribution in [3.05, 3.63) is 265 Å². The fourth-order valence-electron chi connectivity index (χ4n) is 11.1. The van der Waals surface area contributed by atoms with Crippen LogP contribution in [0.2, 0.25) is 0 Å². The maximum absolute atomic E-state index is 6.74. The van der Waals surface area contributed by atoms with Crippen LogP contribution in [0.3, 0.4) is 0 Å². The SMILES string of the molecule is c1ccc(-c2nc(-c3ccc4c(c3)C(c3ccccc3)(c3ccccc3)c3ccccc3-4)nc(-c3cc(-c4ccc5c(c4)c4ccccc4n5-c4ccccc4)c4c(c3)oc3ccccc34)n2)cc1. The predicted molar refractivity (Wildman–Crippen MR) is 280 cm³/mol. The molecule has 0 amide bonds. The average molecular weight is 881 g/mol. The molecular formula is C64H40N4O. The van der Waals surface area contributed by atoms with Gasteiger partial charge in [0.2, 0.25) is 0 Å². The fraction of sp³-hybridized carbons (Fsp3) is 0.0156. The third-order valence-corrected chi connectivity index (χ3v) is 14.1. The molecule has 0 N–H and O–H groups in total. The summed E-state index contributed by atoms with van der Waals surface area (Å²) < 4.78 is 9.09. The first-order valence-corrected chi connectivity index (χ1v) is 23.4. The molecule has 3 heterocycles. The summed E-state index contributed by atoms with van der Waals surface area (Å²) in [6.45, 7) is 0. The smallest absolute Gasteiger partial charge is 0.164 e. The van der Waals surface area contributed by atoms with Crippen molar-refractivity contribution < 1.29 is 4.42 Å². The minimum absolute atomic E-state index is 0.561. The van der Waals surface area contributed by atoms with Crippen molar-refractivity contribution in [2.24, 2.45) is 0 Å². The van der Waals surface area contributed by atoms with Crippen LogP contribution in [0.5, 0.6) is 0 Å². The Morgan fingerprint density at radius 3 is 1.65 bits per heavy atom. The van der Waals surface area contributed by atoms with Gasteiger partial charge in [-0.3, -0.25) is 0 Å². The van der Waals surface area contributed by atoms with Crippen LogP contribution in [0, 0.1) is 0 Å². The van der Waals surface area contributed by atoms with Gasteiger partial charge in [-0.25, -0.2) is 15.0 Å². The zero-order valence-electron chi connectivity index (χ0n) is 37.3. The summed E-state index contributed by atoms with van der Waals surface area (Å²) in [5.74, 6) is 1.75. The lowest BCUT2D eigenvalue weighted by molar-refractivity contribution is 0.669. The van der Waals surface area contributed by atoms with E-state index >= 15 is 0 Å². The molecule has 5 heteroatoms. The molecule has 0 radical (unpaired) electrons. The average Bonchev–Trinajstić information content (AvgIpc) is 4.07.